The van der Waals surface area contributed by atoms with Crippen molar-refractivity contribution in [1.82, 2.24) is 10.6 Å². The van der Waals surface area contributed by atoms with E-state index in [0.717, 1.165) is 22.3 Å². The Kier molecular flexibility index (Phi) is 8.09. The average Bonchev–Trinajstić information content (AvgIpc) is 3.09. The summed E-state index contributed by atoms with van der Waals surface area (Å²) in [6, 6.07) is 15.9. The van der Waals surface area contributed by atoms with E-state index in [1.807, 2.05) is 38.1 Å². The molecule has 1 aliphatic carbocycles. The second-order valence-electron chi connectivity index (χ2n) is 9.03. The van der Waals surface area contributed by atoms with Gasteiger partial charge >= 0.3 is 12.1 Å². The maximum atomic E-state index is 12.6. The van der Waals surface area contributed by atoms with Gasteiger partial charge < -0.3 is 20.5 Å². The minimum absolute atomic E-state index is 0.00805. The molecular weight excluding hydrogens is 420 g/mol. The van der Waals surface area contributed by atoms with Gasteiger partial charge in [0, 0.05) is 31.3 Å². The number of carboxylic acids is 1. The number of amides is 2. The Labute approximate surface area is 194 Å². The summed E-state index contributed by atoms with van der Waals surface area (Å²) in [5.74, 6) is -1.30. The number of carbonyl (C=O) groups excluding carboxylic acids is 2. The Balaban J connectivity index is 1.54. The van der Waals surface area contributed by atoms with Crippen LogP contribution < -0.4 is 10.6 Å². The van der Waals surface area contributed by atoms with E-state index in [4.69, 9.17) is 9.84 Å². The summed E-state index contributed by atoms with van der Waals surface area (Å²) in [4.78, 5) is 35.7. The summed E-state index contributed by atoms with van der Waals surface area (Å²) in [6.07, 6.45) is -0.462. The van der Waals surface area contributed by atoms with Crippen molar-refractivity contribution in [2.75, 3.05) is 13.2 Å². The lowest BCUT2D eigenvalue weighted by Gasteiger charge is -2.23. The van der Waals surface area contributed by atoms with Gasteiger partial charge in [0.1, 0.15) is 6.61 Å². The van der Waals surface area contributed by atoms with E-state index in [1.165, 1.54) is 0 Å². The molecule has 2 aromatic rings. The zero-order chi connectivity index (χ0) is 24.0. The molecule has 0 saturated heterocycles. The normalized spacial score (nSPS) is 14.2. The van der Waals surface area contributed by atoms with E-state index in [9.17, 15) is 14.4 Å². The molecule has 0 fully saturated rings. The molecule has 2 atom stereocenters. The van der Waals surface area contributed by atoms with Gasteiger partial charge in [0.15, 0.2) is 0 Å². The number of hydrogen-bond donors (Lipinski definition) is 3. The SMILES string of the molecule is CC(CNC(=O)C[C@H](NC(=O)OCC1c2ccccc2-c2ccccc21)C(C)C)CC(=O)O. The van der Waals surface area contributed by atoms with E-state index >= 15 is 0 Å². The van der Waals surface area contributed by atoms with Crippen molar-refractivity contribution in [3.8, 4) is 11.1 Å². The van der Waals surface area contributed by atoms with Gasteiger partial charge in [-0.15, -0.1) is 0 Å². The van der Waals surface area contributed by atoms with Crippen LogP contribution in [0.3, 0.4) is 0 Å². The highest BCUT2D eigenvalue weighted by Gasteiger charge is 2.29. The summed E-state index contributed by atoms with van der Waals surface area (Å²) in [5, 5.41) is 14.4. The maximum absolute atomic E-state index is 12.6. The molecule has 1 aliphatic rings. The standard InChI is InChI=1S/C26H32N2O5/c1-16(2)23(13-24(29)27-14-17(3)12-25(30)31)28-26(32)33-15-22-20-10-6-4-8-18(20)19-9-5-7-11-21(19)22/h4-11,16-17,22-23H,12-15H2,1-3H3,(H,27,29)(H,28,32)(H,30,31)/t17?,23-/m0/s1. The van der Waals surface area contributed by atoms with Gasteiger partial charge in [-0.2, -0.15) is 0 Å². The number of rotatable bonds is 10. The molecule has 0 radical (unpaired) electrons. The minimum Gasteiger partial charge on any atom is -0.481 e. The first-order valence-electron chi connectivity index (χ1n) is 11.4. The monoisotopic (exact) mass is 452 g/mol. The molecule has 33 heavy (non-hydrogen) atoms. The first kappa shape index (κ1) is 24.3. The van der Waals surface area contributed by atoms with Gasteiger partial charge in [-0.05, 0) is 34.1 Å². The van der Waals surface area contributed by atoms with Crippen LogP contribution in [0.2, 0.25) is 0 Å². The Morgan fingerprint density at radius 3 is 2.06 bits per heavy atom. The van der Waals surface area contributed by atoms with Crippen LogP contribution in [0.1, 0.15) is 50.7 Å². The lowest BCUT2D eigenvalue weighted by atomic mass is 9.98. The molecule has 2 aromatic carbocycles. The van der Waals surface area contributed by atoms with E-state index in [2.05, 4.69) is 34.9 Å². The molecule has 0 aromatic heterocycles. The summed E-state index contributed by atoms with van der Waals surface area (Å²) in [5.41, 5.74) is 4.61. The van der Waals surface area contributed by atoms with Crippen LogP contribution in [0, 0.1) is 11.8 Å². The lowest BCUT2D eigenvalue weighted by molar-refractivity contribution is -0.138. The van der Waals surface area contributed by atoms with Crippen LogP contribution in [0.5, 0.6) is 0 Å². The molecule has 3 rings (SSSR count). The second-order valence-corrected chi connectivity index (χ2v) is 9.03. The first-order chi connectivity index (χ1) is 15.8. The van der Waals surface area contributed by atoms with E-state index in [0.29, 0.717) is 0 Å². The molecule has 0 saturated carbocycles. The fraction of sp³-hybridized carbons (Fsp3) is 0.423. The molecule has 0 heterocycles. The van der Waals surface area contributed by atoms with Gasteiger partial charge in [-0.3, -0.25) is 9.59 Å². The predicted octanol–water partition coefficient (Wildman–Crippen LogP) is 4.17. The van der Waals surface area contributed by atoms with E-state index in [1.54, 1.807) is 6.92 Å². The number of alkyl carbamates (subject to hydrolysis) is 1. The van der Waals surface area contributed by atoms with Crippen molar-refractivity contribution in [1.29, 1.82) is 0 Å². The summed E-state index contributed by atoms with van der Waals surface area (Å²) < 4.78 is 5.60. The molecule has 176 valence electrons. The van der Waals surface area contributed by atoms with Crippen molar-refractivity contribution in [2.24, 2.45) is 11.8 Å². The third-order valence-electron chi connectivity index (χ3n) is 6.03. The number of hydrogen-bond acceptors (Lipinski definition) is 4. The molecule has 3 N–H and O–H groups in total. The maximum Gasteiger partial charge on any atom is 0.407 e. The van der Waals surface area contributed by atoms with Crippen LogP contribution in [-0.4, -0.2) is 42.3 Å². The third-order valence-corrected chi connectivity index (χ3v) is 6.03. The van der Waals surface area contributed by atoms with Crippen LogP contribution >= 0.6 is 0 Å². The third kappa shape index (κ3) is 6.34. The smallest absolute Gasteiger partial charge is 0.407 e. The zero-order valence-electron chi connectivity index (χ0n) is 19.3. The number of carbonyl (C=O) groups is 3. The first-order valence-corrected chi connectivity index (χ1v) is 11.4. The second kappa shape index (κ2) is 11.0. The van der Waals surface area contributed by atoms with Gasteiger partial charge in [-0.1, -0.05) is 69.3 Å². The number of ether oxygens (including phenoxy) is 1. The lowest BCUT2D eigenvalue weighted by Crippen LogP contribution is -2.43. The number of benzene rings is 2. The van der Waals surface area contributed by atoms with Crippen LogP contribution in [0.15, 0.2) is 48.5 Å². The number of aliphatic carboxylic acids is 1. The fourth-order valence-electron chi connectivity index (χ4n) is 4.18. The summed E-state index contributed by atoms with van der Waals surface area (Å²) in [7, 11) is 0. The highest BCUT2D eigenvalue weighted by atomic mass is 16.5. The number of nitrogens with one attached hydrogen (secondary N) is 2. The molecule has 0 bridgehead atoms. The molecular formula is C26H32N2O5. The van der Waals surface area contributed by atoms with Crippen LogP contribution in [0.4, 0.5) is 4.79 Å². The van der Waals surface area contributed by atoms with Gasteiger partial charge in [0.05, 0.1) is 0 Å². The fourth-order valence-corrected chi connectivity index (χ4v) is 4.18. The largest absolute Gasteiger partial charge is 0.481 e. The average molecular weight is 453 g/mol. The number of fused-ring (bicyclic) bond motifs is 3. The highest BCUT2D eigenvalue weighted by Crippen LogP contribution is 2.44. The molecule has 1 unspecified atom stereocenters. The predicted molar refractivity (Wildman–Crippen MR) is 126 cm³/mol. The summed E-state index contributed by atoms with van der Waals surface area (Å²) >= 11 is 0. The summed E-state index contributed by atoms with van der Waals surface area (Å²) in [6.45, 7) is 6.11. The molecule has 0 aliphatic heterocycles. The minimum atomic E-state index is -0.895. The molecule has 7 nitrogen and oxygen atoms in total. The molecule has 0 spiro atoms. The quantitative estimate of drug-likeness (QED) is 0.502. The van der Waals surface area contributed by atoms with Gasteiger partial charge in [0.2, 0.25) is 5.91 Å². The van der Waals surface area contributed by atoms with Crippen molar-refractivity contribution < 1.29 is 24.2 Å². The van der Waals surface area contributed by atoms with Gasteiger partial charge in [-0.25, -0.2) is 4.79 Å². The zero-order valence-corrected chi connectivity index (χ0v) is 19.3. The highest BCUT2D eigenvalue weighted by molar-refractivity contribution is 5.79. The topological polar surface area (TPSA) is 105 Å². The van der Waals surface area contributed by atoms with Crippen LogP contribution in [-0.2, 0) is 14.3 Å². The van der Waals surface area contributed by atoms with Crippen molar-refractivity contribution in [2.45, 2.75) is 45.6 Å². The van der Waals surface area contributed by atoms with Crippen molar-refractivity contribution in [3.05, 3.63) is 59.7 Å². The van der Waals surface area contributed by atoms with E-state index < -0.39 is 18.1 Å². The van der Waals surface area contributed by atoms with Crippen molar-refractivity contribution in [3.63, 3.8) is 0 Å². The van der Waals surface area contributed by atoms with Crippen molar-refractivity contribution >= 4 is 18.0 Å². The van der Waals surface area contributed by atoms with Gasteiger partial charge in [0.25, 0.3) is 0 Å². The Morgan fingerprint density at radius 2 is 1.52 bits per heavy atom. The number of carboxylic acid groups (broad SMARTS) is 1. The molecule has 7 heteroatoms. The Bertz CT molecular complexity index is 958. The van der Waals surface area contributed by atoms with E-state index in [-0.39, 0.29) is 49.7 Å². The Hall–Kier alpha value is -3.35. The van der Waals surface area contributed by atoms with Crippen LogP contribution in [0.25, 0.3) is 11.1 Å². The Morgan fingerprint density at radius 1 is 0.939 bits per heavy atom. The molecule has 2 amide bonds.